The molecule has 0 bridgehead atoms. The van der Waals surface area contributed by atoms with Crippen molar-refractivity contribution in [2.75, 3.05) is 25.0 Å². The van der Waals surface area contributed by atoms with Gasteiger partial charge in [0.15, 0.2) is 6.04 Å². The maximum atomic E-state index is 13.8. The van der Waals surface area contributed by atoms with E-state index in [1.54, 1.807) is 6.07 Å². The van der Waals surface area contributed by atoms with Gasteiger partial charge in [0.1, 0.15) is 5.82 Å². The Labute approximate surface area is 181 Å². The van der Waals surface area contributed by atoms with E-state index < -0.39 is 12.2 Å². The average molecular weight is 443 g/mol. The Morgan fingerprint density at radius 1 is 1.26 bits per heavy atom. The van der Waals surface area contributed by atoms with Crippen LogP contribution in [0.15, 0.2) is 6.07 Å². The van der Waals surface area contributed by atoms with Crippen LogP contribution in [0.3, 0.4) is 0 Å². The van der Waals surface area contributed by atoms with Gasteiger partial charge in [-0.05, 0) is 37.5 Å². The fourth-order valence-corrected chi connectivity index (χ4v) is 4.88. The molecule has 4 heterocycles. The third-order valence-corrected chi connectivity index (χ3v) is 6.89. The van der Waals surface area contributed by atoms with Crippen LogP contribution in [0.5, 0.6) is 0 Å². The van der Waals surface area contributed by atoms with Crippen LogP contribution in [-0.2, 0) is 9.53 Å². The highest BCUT2D eigenvalue weighted by atomic mass is 19.4. The molecule has 0 radical (unpaired) electrons. The van der Waals surface area contributed by atoms with Crippen LogP contribution in [0.2, 0.25) is 0 Å². The third kappa shape index (κ3) is 4.86. The van der Waals surface area contributed by atoms with Crippen molar-refractivity contribution in [3.05, 3.63) is 11.8 Å². The molecule has 0 aromatic carbocycles. The van der Waals surface area contributed by atoms with Gasteiger partial charge in [0.2, 0.25) is 5.91 Å². The zero-order valence-electron chi connectivity index (χ0n) is 18.5. The molecular weight excluding hydrogens is 409 g/mol. The predicted molar refractivity (Wildman–Crippen MR) is 111 cm³/mol. The molecule has 3 aliphatic rings. The maximum Gasteiger partial charge on any atom is 0.410 e. The third-order valence-electron chi connectivity index (χ3n) is 6.89. The smallest absolute Gasteiger partial charge is 0.378 e. The molecule has 0 spiro atoms. The summed E-state index contributed by atoms with van der Waals surface area (Å²) in [5.74, 6) is 0.444. The van der Waals surface area contributed by atoms with E-state index in [0.29, 0.717) is 44.0 Å². The molecule has 2 saturated heterocycles. The molecule has 6 nitrogen and oxygen atoms in total. The standard InChI is InChI=1S/C22H33F3N4O2/c1-21(2,3)17-12-18(22(23,24)25)29-19(26-17)11-16(27-29)14-7-8-28(13-14)20(30)10-15-6-4-5-9-31-15/h11,14-15,17-18,26H,4-10,12-13H2,1-3H3/t14-,15-,17-,18+/m0/s1. The number of rotatable bonds is 3. The first-order valence-corrected chi connectivity index (χ1v) is 11.3. The van der Waals surface area contributed by atoms with Crippen molar-refractivity contribution >= 4 is 11.7 Å². The summed E-state index contributed by atoms with van der Waals surface area (Å²) in [6.07, 6.45) is -0.264. The number of hydrogen-bond acceptors (Lipinski definition) is 4. The average Bonchev–Trinajstić information content (AvgIpc) is 3.33. The summed E-state index contributed by atoms with van der Waals surface area (Å²) < 4.78 is 48.2. The highest BCUT2D eigenvalue weighted by Gasteiger charge is 2.48. The van der Waals surface area contributed by atoms with Gasteiger partial charge in [0.25, 0.3) is 0 Å². The van der Waals surface area contributed by atoms with Crippen LogP contribution in [0, 0.1) is 5.41 Å². The second-order valence-electron chi connectivity index (χ2n) is 10.3. The normalized spacial score (nSPS) is 29.5. The zero-order chi connectivity index (χ0) is 22.4. The Morgan fingerprint density at radius 3 is 2.68 bits per heavy atom. The monoisotopic (exact) mass is 442 g/mol. The van der Waals surface area contributed by atoms with E-state index in [0.717, 1.165) is 23.9 Å². The molecule has 0 unspecified atom stereocenters. The van der Waals surface area contributed by atoms with Gasteiger partial charge in [-0.25, -0.2) is 4.68 Å². The van der Waals surface area contributed by atoms with Crippen molar-refractivity contribution in [1.82, 2.24) is 14.7 Å². The van der Waals surface area contributed by atoms with Crippen LogP contribution < -0.4 is 5.32 Å². The Hall–Kier alpha value is -1.77. The van der Waals surface area contributed by atoms with Gasteiger partial charge in [0, 0.05) is 37.7 Å². The summed E-state index contributed by atoms with van der Waals surface area (Å²) in [6.45, 7) is 7.66. The number of ether oxygens (including phenoxy) is 1. The quantitative estimate of drug-likeness (QED) is 0.749. The highest BCUT2D eigenvalue weighted by molar-refractivity contribution is 5.77. The van der Waals surface area contributed by atoms with E-state index in [1.165, 1.54) is 0 Å². The van der Waals surface area contributed by atoms with E-state index in [-0.39, 0.29) is 35.8 Å². The lowest BCUT2D eigenvalue weighted by Gasteiger charge is -2.39. The number of anilines is 1. The molecule has 1 N–H and O–H groups in total. The molecule has 4 atom stereocenters. The highest BCUT2D eigenvalue weighted by Crippen LogP contribution is 2.44. The molecular formula is C22H33F3N4O2. The van der Waals surface area contributed by atoms with Gasteiger partial charge in [-0.1, -0.05) is 20.8 Å². The summed E-state index contributed by atoms with van der Waals surface area (Å²) in [6, 6.07) is -0.183. The van der Waals surface area contributed by atoms with E-state index in [9.17, 15) is 18.0 Å². The van der Waals surface area contributed by atoms with E-state index in [4.69, 9.17) is 4.74 Å². The Bertz CT molecular complexity index is 796. The van der Waals surface area contributed by atoms with Gasteiger partial charge < -0.3 is 15.0 Å². The molecule has 9 heteroatoms. The predicted octanol–water partition coefficient (Wildman–Crippen LogP) is 4.49. The second kappa shape index (κ2) is 8.30. The molecule has 1 aromatic rings. The second-order valence-corrected chi connectivity index (χ2v) is 10.3. The summed E-state index contributed by atoms with van der Waals surface area (Å²) >= 11 is 0. The summed E-state index contributed by atoms with van der Waals surface area (Å²) in [5.41, 5.74) is 0.326. The topological polar surface area (TPSA) is 59.4 Å². The Balaban J connectivity index is 1.47. The van der Waals surface area contributed by atoms with Gasteiger partial charge in [-0.15, -0.1) is 0 Å². The van der Waals surface area contributed by atoms with Crippen molar-refractivity contribution < 1.29 is 22.7 Å². The number of alkyl halides is 3. The Kier molecular flexibility index (Phi) is 6.00. The summed E-state index contributed by atoms with van der Waals surface area (Å²) in [4.78, 5) is 14.5. The Morgan fingerprint density at radius 2 is 2.03 bits per heavy atom. The van der Waals surface area contributed by atoms with E-state index >= 15 is 0 Å². The lowest BCUT2D eigenvalue weighted by Crippen LogP contribution is -2.44. The minimum atomic E-state index is -4.36. The summed E-state index contributed by atoms with van der Waals surface area (Å²) in [5, 5.41) is 7.65. The number of halogens is 3. The first-order chi connectivity index (χ1) is 14.5. The number of nitrogens with zero attached hydrogens (tertiary/aromatic N) is 3. The number of aromatic nitrogens is 2. The fourth-order valence-electron chi connectivity index (χ4n) is 4.88. The van der Waals surface area contributed by atoms with Crippen molar-refractivity contribution in [3.63, 3.8) is 0 Å². The van der Waals surface area contributed by atoms with Crippen molar-refractivity contribution in [1.29, 1.82) is 0 Å². The number of carbonyl (C=O) groups is 1. The number of likely N-dealkylation sites (tertiary alicyclic amines) is 1. The number of hydrogen-bond donors (Lipinski definition) is 1. The SMILES string of the molecule is CC(C)(C)[C@@H]1C[C@H](C(F)(F)F)n2nc([C@H]3CCN(C(=O)C[C@@H]4CCCCO4)C3)cc2N1. The summed E-state index contributed by atoms with van der Waals surface area (Å²) in [7, 11) is 0. The number of carbonyl (C=O) groups excluding carboxylic acids is 1. The lowest BCUT2D eigenvalue weighted by atomic mass is 9.82. The largest absolute Gasteiger partial charge is 0.410 e. The molecule has 3 aliphatic heterocycles. The van der Waals surface area contributed by atoms with Crippen LogP contribution in [-0.4, -0.2) is 58.6 Å². The van der Waals surface area contributed by atoms with Gasteiger partial charge >= 0.3 is 6.18 Å². The van der Waals surface area contributed by atoms with Gasteiger partial charge in [0.05, 0.1) is 18.2 Å². The lowest BCUT2D eigenvalue weighted by molar-refractivity contribution is -0.175. The molecule has 31 heavy (non-hydrogen) atoms. The van der Waals surface area contributed by atoms with Crippen molar-refractivity contribution in [2.45, 2.75) is 89.6 Å². The van der Waals surface area contributed by atoms with E-state index in [2.05, 4.69) is 10.4 Å². The van der Waals surface area contributed by atoms with Gasteiger partial charge in [-0.3, -0.25) is 4.79 Å². The van der Waals surface area contributed by atoms with Crippen molar-refractivity contribution in [2.24, 2.45) is 5.41 Å². The first kappa shape index (κ1) is 22.4. The van der Waals surface area contributed by atoms with Crippen LogP contribution in [0.1, 0.15) is 76.9 Å². The molecule has 0 aliphatic carbocycles. The number of amides is 1. The molecule has 2 fully saturated rings. The molecule has 1 amide bonds. The molecule has 0 saturated carbocycles. The molecule has 4 rings (SSSR count). The number of fused-ring (bicyclic) bond motifs is 1. The van der Waals surface area contributed by atoms with Crippen LogP contribution in [0.4, 0.5) is 19.0 Å². The fraction of sp³-hybridized carbons (Fsp3) is 0.818. The first-order valence-electron chi connectivity index (χ1n) is 11.3. The minimum Gasteiger partial charge on any atom is -0.378 e. The zero-order valence-corrected chi connectivity index (χ0v) is 18.5. The van der Waals surface area contributed by atoms with Gasteiger partial charge in [-0.2, -0.15) is 18.3 Å². The maximum absolute atomic E-state index is 13.8. The minimum absolute atomic E-state index is 0.00806. The van der Waals surface area contributed by atoms with Crippen molar-refractivity contribution in [3.8, 4) is 0 Å². The molecule has 1 aromatic heterocycles. The number of nitrogens with one attached hydrogen (secondary N) is 1. The van der Waals surface area contributed by atoms with E-state index in [1.807, 2.05) is 25.7 Å². The van der Waals surface area contributed by atoms with Crippen LogP contribution >= 0.6 is 0 Å². The van der Waals surface area contributed by atoms with Crippen LogP contribution in [0.25, 0.3) is 0 Å². The molecule has 174 valence electrons.